The number of benzene rings is 1. The van der Waals surface area contributed by atoms with E-state index in [0.717, 1.165) is 18.6 Å². The van der Waals surface area contributed by atoms with Crippen molar-refractivity contribution in [2.75, 3.05) is 0 Å². The van der Waals surface area contributed by atoms with Crippen LogP contribution in [0.5, 0.6) is 11.6 Å². The first-order valence-electron chi connectivity index (χ1n) is 6.14. The SMILES string of the molecule is CCCc1c(Cl)ncnc1Oc1ccc([N+](=O)[O-])cc1F. The van der Waals surface area contributed by atoms with Crippen molar-refractivity contribution in [3.63, 3.8) is 0 Å². The Hall–Kier alpha value is -2.28. The molecular formula is C13H11ClFN3O3. The second kappa shape index (κ2) is 6.45. The van der Waals surface area contributed by atoms with Crippen molar-refractivity contribution >= 4 is 17.3 Å². The van der Waals surface area contributed by atoms with Gasteiger partial charge in [0.15, 0.2) is 11.6 Å². The van der Waals surface area contributed by atoms with E-state index in [-0.39, 0.29) is 22.5 Å². The van der Waals surface area contributed by atoms with Crippen LogP contribution in [0.4, 0.5) is 10.1 Å². The van der Waals surface area contributed by atoms with Gasteiger partial charge in [-0.25, -0.2) is 14.4 Å². The van der Waals surface area contributed by atoms with E-state index in [0.29, 0.717) is 12.0 Å². The fraction of sp³-hybridized carbons (Fsp3) is 0.231. The fourth-order valence-electron chi connectivity index (χ4n) is 1.71. The van der Waals surface area contributed by atoms with Gasteiger partial charge in [0.05, 0.1) is 16.6 Å². The zero-order chi connectivity index (χ0) is 15.4. The predicted octanol–water partition coefficient (Wildman–Crippen LogP) is 3.92. The molecule has 1 aromatic carbocycles. The number of nitrogens with zero attached hydrogens (tertiary/aromatic N) is 3. The first-order valence-corrected chi connectivity index (χ1v) is 6.52. The molecule has 1 aromatic heterocycles. The molecule has 21 heavy (non-hydrogen) atoms. The minimum Gasteiger partial charge on any atom is -0.435 e. The van der Waals surface area contributed by atoms with Gasteiger partial charge in [0.1, 0.15) is 11.5 Å². The van der Waals surface area contributed by atoms with Crippen molar-refractivity contribution in [3.05, 3.63) is 51.2 Å². The Balaban J connectivity index is 2.34. The van der Waals surface area contributed by atoms with Crippen LogP contribution in [-0.2, 0) is 6.42 Å². The zero-order valence-corrected chi connectivity index (χ0v) is 11.8. The number of nitro benzene ring substituents is 1. The van der Waals surface area contributed by atoms with E-state index in [2.05, 4.69) is 9.97 Å². The molecule has 0 amide bonds. The minimum absolute atomic E-state index is 0.143. The summed E-state index contributed by atoms with van der Waals surface area (Å²) in [6, 6.07) is 3.12. The third-order valence-corrected chi connectivity index (χ3v) is 3.01. The van der Waals surface area contributed by atoms with Crippen molar-refractivity contribution in [2.45, 2.75) is 19.8 Å². The molecule has 0 aliphatic carbocycles. The smallest absolute Gasteiger partial charge is 0.272 e. The number of aromatic nitrogens is 2. The van der Waals surface area contributed by atoms with Crippen LogP contribution < -0.4 is 4.74 Å². The molecule has 2 aromatic rings. The van der Waals surface area contributed by atoms with Crippen molar-refractivity contribution in [1.82, 2.24) is 9.97 Å². The lowest BCUT2D eigenvalue weighted by Crippen LogP contribution is -1.99. The van der Waals surface area contributed by atoms with Crippen LogP contribution in [0.3, 0.4) is 0 Å². The maximum atomic E-state index is 13.8. The number of rotatable bonds is 5. The summed E-state index contributed by atoms with van der Waals surface area (Å²) in [6.07, 6.45) is 2.57. The molecule has 0 saturated carbocycles. The average Bonchev–Trinajstić information content (AvgIpc) is 2.44. The van der Waals surface area contributed by atoms with Gasteiger partial charge >= 0.3 is 0 Å². The molecule has 0 atom stereocenters. The predicted molar refractivity (Wildman–Crippen MR) is 74.2 cm³/mol. The lowest BCUT2D eigenvalue weighted by atomic mass is 10.2. The highest BCUT2D eigenvalue weighted by molar-refractivity contribution is 6.30. The standard InChI is InChI=1S/C13H11ClFN3O3/c1-2-3-9-12(14)16-7-17-13(9)21-11-5-4-8(18(19)20)6-10(11)15/h4-7H,2-3H2,1H3. The van der Waals surface area contributed by atoms with Gasteiger partial charge in [0.2, 0.25) is 5.88 Å². The van der Waals surface area contributed by atoms with Crippen molar-refractivity contribution in [1.29, 1.82) is 0 Å². The summed E-state index contributed by atoms with van der Waals surface area (Å²) in [5.41, 5.74) is 0.216. The van der Waals surface area contributed by atoms with Gasteiger partial charge in [-0.3, -0.25) is 10.1 Å². The molecule has 0 aliphatic heterocycles. The van der Waals surface area contributed by atoms with Crippen LogP contribution in [-0.4, -0.2) is 14.9 Å². The van der Waals surface area contributed by atoms with Crippen molar-refractivity contribution < 1.29 is 14.1 Å². The van der Waals surface area contributed by atoms with E-state index < -0.39 is 10.7 Å². The summed E-state index contributed by atoms with van der Waals surface area (Å²) in [6.45, 7) is 1.94. The second-order valence-corrected chi connectivity index (χ2v) is 4.53. The molecule has 2 rings (SSSR count). The van der Waals surface area contributed by atoms with Crippen molar-refractivity contribution in [2.24, 2.45) is 0 Å². The largest absolute Gasteiger partial charge is 0.435 e. The normalized spacial score (nSPS) is 10.4. The highest BCUT2D eigenvalue weighted by Crippen LogP contribution is 2.30. The molecule has 0 fully saturated rings. The van der Waals surface area contributed by atoms with Crippen molar-refractivity contribution in [3.8, 4) is 11.6 Å². The van der Waals surface area contributed by atoms with Gasteiger partial charge in [-0.15, -0.1) is 0 Å². The van der Waals surface area contributed by atoms with Gasteiger partial charge in [-0.2, -0.15) is 0 Å². The Morgan fingerprint density at radius 1 is 1.43 bits per heavy atom. The molecule has 0 radical (unpaired) electrons. The molecule has 8 heteroatoms. The molecule has 0 bridgehead atoms. The molecular weight excluding hydrogens is 301 g/mol. The van der Waals surface area contributed by atoms with E-state index in [1.54, 1.807) is 0 Å². The van der Waals surface area contributed by atoms with E-state index in [1.165, 1.54) is 12.4 Å². The van der Waals surface area contributed by atoms with Crippen LogP contribution in [0.1, 0.15) is 18.9 Å². The van der Waals surface area contributed by atoms with Gasteiger partial charge in [0.25, 0.3) is 5.69 Å². The molecule has 1 heterocycles. The first-order chi connectivity index (χ1) is 10.0. The first kappa shape index (κ1) is 15.1. The Kier molecular flexibility index (Phi) is 4.64. The Labute approximate surface area is 124 Å². The topological polar surface area (TPSA) is 78.2 Å². The fourth-order valence-corrected chi connectivity index (χ4v) is 1.93. The highest BCUT2D eigenvalue weighted by atomic mass is 35.5. The quantitative estimate of drug-likeness (QED) is 0.475. The third kappa shape index (κ3) is 3.43. The van der Waals surface area contributed by atoms with E-state index >= 15 is 0 Å². The summed E-state index contributed by atoms with van der Waals surface area (Å²) < 4.78 is 19.2. The Morgan fingerprint density at radius 3 is 2.81 bits per heavy atom. The Bertz CT molecular complexity index is 682. The average molecular weight is 312 g/mol. The molecule has 6 nitrogen and oxygen atoms in total. The number of non-ortho nitro benzene ring substituents is 1. The summed E-state index contributed by atoms with van der Waals surface area (Å²) in [5, 5.41) is 10.8. The maximum absolute atomic E-state index is 13.8. The van der Waals surface area contributed by atoms with Crippen LogP contribution in [0.15, 0.2) is 24.5 Å². The maximum Gasteiger partial charge on any atom is 0.272 e. The van der Waals surface area contributed by atoms with Crippen LogP contribution in [0.25, 0.3) is 0 Å². The van der Waals surface area contributed by atoms with E-state index in [4.69, 9.17) is 16.3 Å². The van der Waals surface area contributed by atoms with E-state index in [1.807, 2.05) is 6.92 Å². The highest BCUT2D eigenvalue weighted by Gasteiger charge is 2.16. The van der Waals surface area contributed by atoms with Gasteiger partial charge in [-0.05, 0) is 12.5 Å². The molecule has 0 saturated heterocycles. The number of halogens is 2. The molecule has 0 N–H and O–H groups in total. The number of hydrogen-bond donors (Lipinski definition) is 0. The number of hydrogen-bond acceptors (Lipinski definition) is 5. The zero-order valence-electron chi connectivity index (χ0n) is 11.0. The lowest BCUT2D eigenvalue weighted by molar-refractivity contribution is -0.385. The summed E-state index contributed by atoms with van der Waals surface area (Å²) in [4.78, 5) is 17.7. The van der Waals surface area contributed by atoms with E-state index in [9.17, 15) is 14.5 Å². The lowest BCUT2D eigenvalue weighted by Gasteiger charge is -2.10. The summed E-state index contributed by atoms with van der Waals surface area (Å²) in [5.74, 6) is -0.862. The van der Waals surface area contributed by atoms with Crippen LogP contribution >= 0.6 is 11.6 Å². The monoisotopic (exact) mass is 311 g/mol. The summed E-state index contributed by atoms with van der Waals surface area (Å²) in [7, 11) is 0. The molecule has 110 valence electrons. The van der Waals surface area contributed by atoms with Gasteiger partial charge in [0, 0.05) is 6.07 Å². The minimum atomic E-state index is -0.846. The third-order valence-electron chi connectivity index (χ3n) is 2.69. The van der Waals surface area contributed by atoms with Gasteiger partial charge < -0.3 is 4.74 Å². The molecule has 0 unspecified atom stereocenters. The summed E-state index contributed by atoms with van der Waals surface area (Å²) >= 11 is 5.97. The van der Waals surface area contributed by atoms with Crippen LogP contribution in [0.2, 0.25) is 5.15 Å². The number of nitro groups is 1. The van der Waals surface area contributed by atoms with Gasteiger partial charge in [-0.1, -0.05) is 24.9 Å². The second-order valence-electron chi connectivity index (χ2n) is 4.17. The Morgan fingerprint density at radius 2 is 2.19 bits per heavy atom. The number of ether oxygens (including phenoxy) is 1. The van der Waals surface area contributed by atoms with Crippen LogP contribution in [0, 0.1) is 15.9 Å². The molecule has 0 aliphatic rings. The molecule has 0 spiro atoms.